The van der Waals surface area contributed by atoms with Gasteiger partial charge in [-0.05, 0) is 42.5 Å². The average molecular weight is 374 g/mol. The van der Waals surface area contributed by atoms with Crippen LogP contribution in [0.15, 0.2) is 47.4 Å². The molecule has 0 aromatic heterocycles. The van der Waals surface area contributed by atoms with E-state index in [2.05, 4.69) is 5.32 Å². The van der Waals surface area contributed by atoms with Gasteiger partial charge in [0.05, 0.1) is 23.3 Å². The number of sulfonamides is 1. The van der Waals surface area contributed by atoms with Crippen LogP contribution in [0.1, 0.15) is 15.9 Å². The Balaban J connectivity index is 2.31. The number of primary sulfonamides is 1. The molecule has 10 heteroatoms. The van der Waals surface area contributed by atoms with Crippen LogP contribution < -0.4 is 15.2 Å². The van der Waals surface area contributed by atoms with E-state index in [4.69, 9.17) is 9.88 Å². The molecule has 0 bridgehead atoms. The molecule has 0 atom stereocenters. The third-order valence-electron chi connectivity index (χ3n) is 3.22. The molecule has 0 fully saturated rings. The van der Waals surface area contributed by atoms with Crippen LogP contribution in [-0.4, -0.2) is 21.4 Å². The quantitative estimate of drug-likeness (QED) is 0.859. The van der Waals surface area contributed by atoms with Crippen molar-refractivity contribution in [2.75, 3.05) is 12.4 Å². The van der Waals surface area contributed by atoms with Gasteiger partial charge in [-0.25, -0.2) is 13.6 Å². The Morgan fingerprint density at radius 2 is 1.72 bits per heavy atom. The summed E-state index contributed by atoms with van der Waals surface area (Å²) < 4.78 is 65.4. The Kier molecular flexibility index (Phi) is 5.04. The first-order valence-electron chi connectivity index (χ1n) is 6.72. The van der Waals surface area contributed by atoms with Crippen molar-refractivity contribution in [1.29, 1.82) is 0 Å². The maximum Gasteiger partial charge on any atom is 0.416 e. The van der Waals surface area contributed by atoms with Crippen LogP contribution in [-0.2, 0) is 16.2 Å². The fourth-order valence-electron chi connectivity index (χ4n) is 1.97. The number of rotatable bonds is 4. The third kappa shape index (κ3) is 4.48. The summed E-state index contributed by atoms with van der Waals surface area (Å²) in [6, 6.07) is 7.14. The monoisotopic (exact) mass is 374 g/mol. The molecule has 0 aliphatic heterocycles. The lowest BCUT2D eigenvalue weighted by Gasteiger charge is -2.12. The Labute approximate surface area is 141 Å². The number of amides is 1. The van der Waals surface area contributed by atoms with Crippen molar-refractivity contribution in [3.63, 3.8) is 0 Å². The predicted molar refractivity (Wildman–Crippen MR) is 83.8 cm³/mol. The zero-order chi connectivity index (χ0) is 18.8. The summed E-state index contributed by atoms with van der Waals surface area (Å²) in [6.07, 6.45) is -4.51. The number of hydrogen-bond acceptors (Lipinski definition) is 4. The lowest BCUT2D eigenvalue weighted by molar-refractivity contribution is -0.137. The predicted octanol–water partition coefficient (Wildman–Crippen LogP) is 2.61. The lowest BCUT2D eigenvalue weighted by Crippen LogP contribution is -2.16. The molecule has 6 nitrogen and oxygen atoms in total. The first-order chi connectivity index (χ1) is 11.5. The van der Waals surface area contributed by atoms with Gasteiger partial charge in [0.25, 0.3) is 5.91 Å². The van der Waals surface area contributed by atoms with Gasteiger partial charge in [-0.1, -0.05) is 0 Å². The SMILES string of the molecule is COc1ccc(S(N)(=O)=O)cc1NC(=O)c1ccc(C(F)(F)F)cc1. The van der Waals surface area contributed by atoms with Gasteiger partial charge in [-0.2, -0.15) is 13.2 Å². The maximum atomic E-state index is 12.5. The third-order valence-corrected chi connectivity index (χ3v) is 4.13. The summed E-state index contributed by atoms with van der Waals surface area (Å²) in [6.45, 7) is 0. The topological polar surface area (TPSA) is 98.5 Å². The zero-order valence-electron chi connectivity index (χ0n) is 12.8. The van der Waals surface area contributed by atoms with E-state index in [0.29, 0.717) is 0 Å². The van der Waals surface area contributed by atoms with Crippen LogP contribution >= 0.6 is 0 Å². The molecular formula is C15H13F3N2O4S. The smallest absolute Gasteiger partial charge is 0.416 e. The fourth-order valence-corrected chi connectivity index (χ4v) is 2.51. The van der Waals surface area contributed by atoms with Gasteiger partial charge < -0.3 is 10.1 Å². The van der Waals surface area contributed by atoms with Crippen LogP contribution in [0.5, 0.6) is 5.75 Å². The highest BCUT2D eigenvalue weighted by atomic mass is 32.2. The Morgan fingerprint density at radius 3 is 2.20 bits per heavy atom. The lowest BCUT2D eigenvalue weighted by atomic mass is 10.1. The maximum absolute atomic E-state index is 12.5. The Morgan fingerprint density at radius 1 is 1.12 bits per heavy atom. The fraction of sp³-hybridized carbons (Fsp3) is 0.133. The van der Waals surface area contributed by atoms with Gasteiger partial charge >= 0.3 is 6.18 Å². The molecule has 0 radical (unpaired) electrons. The van der Waals surface area contributed by atoms with E-state index in [1.807, 2.05) is 0 Å². The molecule has 2 aromatic carbocycles. The van der Waals surface area contributed by atoms with E-state index in [-0.39, 0.29) is 21.9 Å². The van der Waals surface area contributed by atoms with E-state index in [1.54, 1.807) is 0 Å². The number of benzene rings is 2. The first kappa shape index (κ1) is 18.7. The second-order valence-corrected chi connectivity index (χ2v) is 6.50. The van der Waals surface area contributed by atoms with E-state index in [0.717, 1.165) is 30.3 Å². The minimum absolute atomic E-state index is 0.0129. The van der Waals surface area contributed by atoms with E-state index < -0.39 is 27.7 Å². The van der Waals surface area contributed by atoms with Crippen molar-refractivity contribution < 1.29 is 31.1 Å². The molecule has 0 unspecified atom stereocenters. The minimum atomic E-state index is -4.51. The minimum Gasteiger partial charge on any atom is -0.495 e. The molecule has 1 amide bonds. The summed E-state index contributed by atoms with van der Waals surface area (Å²) in [5, 5.41) is 7.41. The highest BCUT2D eigenvalue weighted by molar-refractivity contribution is 7.89. The second-order valence-electron chi connectivity index (χ2n) is 4.94. The summed E-state index contributed by atoms with van der Waals surface area (Å²) in [4.78, 5) is 11.9. The number of nitrogens with one attached hydrogen (secondary N) is 1. The molecule has 0 spiro atoms. The van der Waals surface area contributed by atoms with E-state index >= 15 is 0 Å². The molecule has 134 valence electrons. The molecule has 0 aliphatic rings. The van der Waals surface area contributed by atoms with Crippen molar-refractivity contribution in [3.05, 3.63) is 53.6 Å². The molecule has 0 saturated heterocycles. The summed E-state index contributed by atoms with van der Waals surface area (Å²) in [5.41, 5.74) is -0.923. The molecule has 25 heavy (non-hydrogen) atoms. The van der Waals surface area contributed by atoms with Gasteiger partial charge in [0, 0.05) is 5.56 Å². The molecule has 3 N–H and O–H groups in total. The van der Waals surface area contributed by atoms with Crippen LogP contribution in [0.2, 0.25) is 0 Å². The second kappa shape index (κ2) is 6.73. The molecule has 0 saturated carbocycles. The van der Waals surface area contributed by atoms with E-state index in [9.17, 15) is 26.4 Å². The number of methoxy groups -OCH3 is 1. The summed E-state index contributed by atoms with van der Waals surface area (Å²) in [7, 11) is -2.70. The molecule has 2 rings (SSSR count). The number of carbonyl (C=O) groups is 1. The van der Waals surface area contributed by atoms with Gasteiger partial charge in [0.2, 0.25) is 10.0 Å². The molecule has 0 aliphatic carbocycles. The highest BCUT2D eigenvalue weighted by Crippen LogP contribution is 2.30. The van der Waals surface area contributed by atoms with Gasteiger partial charge in [0.15, 0.2) is 0 Å². The van der Waals surface area contributed by atoms with Crippen LogP contribution in [0, 0.1) is 0 Å². The van der Waals surface area contributed by atoms with Gasteiger partial charge in [-0.3, -0.25) is 4.79 Å². The van der Waals surface area contributed by atoms with Crippen molar-refractivity contribution in [2.24, 2.45) is 5.14 Å². The molecule has 2 aromatic rings. The number of ether oxygens (including phenoxy) is 1. The number of alkyl halides is 3. The van der Waals surface area contributed by atoms with Crippen molar-refractivity contribution in [2.45, 2.75) is 11.1 Å². The van der Waals surface area contributed by atoms with Crippen LogP contribution in [0.25, 0.3) is 0 Å². The number of carbonyl (C=O) groups excluding carboxylic acids is 1. The molecule has 0 heterocycles. The number of halogens is 3. The standard InChI is InChI=1S/C15H13F3N2O4S/c1-24-13-7-6-11(25(19,22)23)8-12(13)20-14(21)9-2-4-10(5-3-9)15(16,17)18/h2-8H,1H3,(H,20,21)(H2,19,22,23). The van der Waals surface area contributed by atoms with Crippen LogP contribution in [0.3, 0.4) is 0 Å². The average Bonchev–Trinajstić information content (AvgIpc) is 2.53. The Bertz CT molecular complexity index is 894. The van der Waals surface area contributed by atoms with Crippen molar-refractivity contribution in [3.8, 4) is 5.75 Å². The van der Waals surface area contributed by atoms with Gasteiger partial charge in [-0.15, -0.1) is 0 Å². The number of anilines is 1. The first-order valence-corrected chi connectivity index (χ1v) is 8.26. The molecular weight excluding hydrogens is 361 g/mol. The number of hydrogen-bond donors (Lipinski definition) is 2. The number of nitrogens with two attached hydrogens (primary N) is 1. The zero-order valence-corrected chi connectivity index (χ0v) is 13.6. The Hall–Kier alpha value is -2.59. The van der Waals surface area contributed by atoms with Crippen LogP contribution in [0.4, 0.5) is 18.9 Å². The van der Waals surface area contributed by atoms with Gasteiger partial charge in [0.1, 0.15) is 5.75 Å². The van der Waals surface area contributed by atoms with E-state index in [1.165, 1.54) is 19.2 Å². The summed E-state index contributed by atoms with van der Waals surface area (Å²) >= 11 is 0. The highest BCUT2D eigenvalue weighted by Gasteiger charge is 2.30. The van der Waals surface area contributed by atoms with Crippen molar-refractivity contribution in [1.82, 2.24) is 0 Å². The van der Waals surface area contributed by atoms with Crippen molar-refractivity contribution >= 4 is 21.6 Å². The normalized spacial score (nSPS) is 11.9. The largest absolute Gasteiger partial charge is 0.495 e. The summed E-state index contributed by atoms with van der Waals surface area (Å²) in [5.74, 6) is -0.578.